The number of ketones is 2. The predicted octanol–water partition coefficient (Wildman–Crippen LogP) is 6.71. The monoisotopic (exact) mass is 482 g/mol. The molecule has 0 aromatic carbocycles. The van der Waals surface area contributed by atoms with Gasteiger partial charge in [-0.1, -0.05) is 47.1 Å². The first-order chi connectivity index (χ1) is 16.1. The molecule has 4 heteroatoms. The Morgan fingerprint density at radius 3 is 2.23 bits per heavy atom. The van der Waals surface area contributed by atoms with E-state index in [-0.39, 0.29) is 56.6 Å². The van der Waals surface area contributed by atoms with Gasteiger partial charge >= 0.3 is 5.97 Å². The third-order valence-electron chi connectivity index (χ3n) is 13.0. The third-order valence-corrected chi connectivity index (χ3v) is 13.0. The number of Topliss-reactive ketones (excluding diaryl/α,β-unsaturated/α-hetero) is 1. The van der Waals surface area contributed by atoms with Crippen LogP contribution in [0.2, 0.25) is 0 Å². The molecule has 0 heterocycles. The highest BCUT2D eigenvalue weighted by Gasteiger charge is 2.70. The van der Waals surface area contributed by atoms with Crippen molar-refractivity contribution >= 4 is 17.5 Å². The number of allylic oxidation sites excluding steroid dienone is 2. The number of fused-ring (bicyclic) bond motifs is 7. The molecular weight excluding hydrogens is 436 g/mol. The Balaban J connectivity index is 1.62. The van der Waals surface area contributed by atoms with Crippen molar-refractivity contribution in [1.82, 2.24) is 0 Å². The van der Waals surface area contributed by atoms with E-state index in [4.69, 9.17) is 4.74 Å². The summed E-state index contributed by atoms with van der Waals surface area (Å²) >= 11 is 0. The van der Waals surface area contributed by atoms with Gasteiger partial charge in [0.05, 0.1) is 12.5 Å². The van der Waals surface area contributed by atoms with Gasteiger partial charge in [-0.25, -0.2) is 0 Å². The highest BCUT2D eigenvalue weighted by atomic mass is 16.5. The average Bonchev–Trinajstić information content (AvgIpc) is 2.78. The van der Waals surface area contributed by atoms with Crippen molar-refractivity contribution in [3.05, 3.63) is 11.6 Å². The highest BCUT2D eigenvalue weighted by molar-refractivity contribution is 5.96. The molecule has 4 saturated carbocycles. The Kier molecular flexibility index (Phi) is 5.27. The lowest BCUT2D eigenvalue weighted by atomic mass is 9.33. The number of hydrogen-bond acceptors (Lipinski definition) is 4. The minimum absolute atomic E-state index is 0.0465. The van der Waals surface area contributed by atoms with Crippen LogP contribution in [0.3, 0.4) is 0 Å². The lowest BCUT2D eigenvalue weighted by Crippen LogP contribution is -2.66. The SMILES string of the molecule is COC(=O)[C@]1(C)CC[C@]2(C)CC[C@]3(C)C(=CC(=O)[C@@H]4[C@]5(C)CCC(=O)C(C)(C)[C@@H]5CC[C@@]43C)[C@@H]2C1. The van der Waals surface area contributed by atoms with E-state index in [1.807, 2.05) is 0 Å². The van der Waals surface area contributed by atoms with Crippen LogP contribution >= 0.6 is 0 Å². The van der Waals surface area contributed by atoms with E-state index in [1.54, 1.807) is 0 Å². The second-order valence-corrected chi connectivity index (χ2v) is 14.9. The van der Waals surface area contributed by atoms with Crippen molar-refractivity contribution in [3.8, 4) is 0 Å². The number of hydrogen-bond donors (Lipinski definition) is 0. The van der Waals surface area contributed by atoms with Crippen LogP contribution in [0.5, 0.6) is 0 Å². The molecule has 0 saturated heterocycles. The van der Waals surface area contributed by atoms with Crippen molar-refractivity contribution in [2.75, 3.05) is 7.11 Å². The smallest absolute Gasteiger partial charge is 0.311 e. The summed E-state index contributed by atoms with van der Waals surface area (Å²) in [7, 11) is 1.50. The number of ether oxygens (including phenoxy) is 1. The van der Waals surface area contributed by atoms with Crippen molar-refractivity contribution in [2.24, 2.45) is 50.2 Å². The largest absolute Gasteiger partial charge is 0.469 e. The van der Waals surface area contributed by atoms with Gasteiger partial charge in [-0.05, 0) is 97.9 Å². The van der Waals surface area contributed by atoms with Crippen LogP contribution in [0.15, 0.2) is 11.6 Å². The van der Waals surface area contributed by atoms with E-state index in [0.717, 1.165) is 51.4 Å². The van der Waals surface area contributed by atoms with Crippen LogP contribution in [-0.4, -0.2) is 24.6 Å². The Hall–Kier alpha value is -1.45. The molecule has 4 nitrogen and oxygen atoms in total. The molecule has 0 aromatic heterocycles. The quantitative estimate of drug-likeness (QED) is 0.390. The number of esters is 1. The van der Waals surface area contributed by atoms with Crippen LogP contribution in [0.1, 0.15) is 106 Å². The van der Waals surface area contributed by atoms with E-state index >= 15 is 0 Å². The molecule has 5 aliphatic carbocycles. The molecule has 0 aromatic rings. The predicted molar refractivity (Wildman–Crippen MR) is 136 cm³/mol. The van der Waals surface area contributed by atoms with Crippen LogP contribution in [0.4, 0.5) is 0 Å². The normalized spacial score (nSPS) is 50.7. The van der Waals surface area contributed by atoms with Gasteiger partial charge in [-0.3, -0.25) is 14.4 Å². The van der Waals surface area contributed by atoms with E-state index in [1.165, 1.54) is 12.7 Å². The van der Waals surface area contributed by atoms with Gasteiger partial charge in [-0.15, -0.1) is 0 Å². The Morgan fingerprint density at radius 2 is 1.57 bits per heavy atom. The molecular formula is C31H46O4. The molecule has 5 rings (SSSR count). The first kappa shape index (κ1) is 25.2. The number of carbonyl (C=O) groups excluding carboxylic acids is 3. The van der Waals surface area contributed by atoms with Crippen LogP contribution < -0.4 is 0 Å². The fraction of sp³-hybridized carbons (Fsp3) is 0.839. The molecule has 5 aliphatic rings. The van der Waals surface area contributed by atoms with Crippen LogP contribution in [-0.2, 0) is 19.1 Å². The summed E-state index contributed by atoms with van der Waals surface area (Å²) < 4.78 is 5.24. The Morgan fingerprint density at radius 1 is 0.914 bits per heavy atom. The molecule has 0 aliphatic heterocycles. The summed E-state index contributed by atoms with van der Waals surface area (Å²) in [5.74, 6) is 0.980. The second-order valence-electron chi connectivity index (χ2n) is 14.9. The molecule has 0 N–H and O–H groups in total. The highest BCUT2D eigenvalue weighted by Crippen LogP contribution is 2.74. The maximum atomic E-state index is 14.3. The number of carbonyl (C=O) groups is 3. The van der Waals surface area contributed by atoms with E-state index in [0.29, 0.717) is 12.2 Å². The van der Waals surface area contributed by atoms with Crippen molar-refractivity contribution in [3.63, 3.8) is 0 Å². The lowest BCUT2D eigenvalue weighted by Gasteiger charge is -2.69. The fourth-order valence-corrected chi connectivity index (χ4v) is 10.4. The molecule has 4 fully saturated rings. The molecule has 0 bridgehead atoms. The summed E-state index contributed by atoms with van der Waals surface area (Å²) in [5.41, 5.74) is 0.244. The van der Waals surface area contributed by atoms with E-state index in [2.05, 4.69) is 54.5 Å². The van der Waals surface area contributed by atoms with Gasteiger partial charge in [0.1, 0.15) is 5.78 Å². The molecule has 0 unspecified atom stereocenters. The zero-order valence-corrected chi connectivity index (χ0v) is 23.3. The van der Waals surface area contributed by atoms with Crippen molar-refractivity contribution < 1.29 is 19.1 Å². The Bertz CT molecular complexity index is 1020. The third kappa shape index (κ3) is 3.00. The van der Waals surface area contributed by atoms with Gasteiger partial charge in [0.15, 0.2) is 5.78 Å². The van der Waals surface area contributed by atoms with Gasteiger partial charge in [0.25, 0.3) is 0 Å². The standard InChI is InChI=1S/C31H46O4/c1-26(2)22-9-12-31(7)24(29(22,5)11-10-23(26)33)21(32)17-19-20-18-28(4,25(34)35-8)14-13-27(20,3)15-16-30(19,31)6/h17,20,22,24H,9-16,18H2,1-8H3/t20-,22-,24+,27+,28+,29+,30+,31-/m0/s1. The first-order valence-corrected chi connectivity index (χ1v) is 14.0. The van der Waals surface area contributed by atoms with Crippen LogP contribution in [0.25, 0.3) is 0 Å². The molecule has 0 radical (unpaired) electrons. The molecule has 35 heavy (non-hydrogen) atoms. The minimum Gasteiger partial charge on any atom is -0.469 e. The molecule has 0 amide bonds. The summed E-state index contributed by atoms with van der Waals surface area (Å²) in [4.78, 5) is 40.0. The van der Waals surface area contributed by atoms with Gasteiger partial charge < -0.3 is 4.74 Å². The van der Waals surface area contributed by atoms with Gasteiger partial charge in [-0.2, -0.15) is 0 Å². The number of methoxy groups -OCH3 is 1. The zero-order valence-electron chi connectivity index (χ0n) is 23.3. The van der Waals surface area contributed by atoms with Gasteiger partial charge in [0, 0.05) is 17.8 Å². The summed E-state index contributed by atoms with van der Waals surface area (Å²) in [6.45, 7) is 15.9. The molecule has 8 atom stereocenters. The summed E-state index contributed by atoms with van der Waals surface area (Å²) in [6, 6.07) is 0. The summed E-state index contributed by atoms with van der Waals surface area (Å²) in [6.07, 6.45) is 10.3. The summed E-state index contributed by atoms with van der Waals surface area (Å²) in [5, 5.41) is 0. The van der Waals surface area contributed by atoms with E-state index in [9.17, 15) is 14.4 Å². The fourth-order valence-electron chi connectivity index (χ4n) is 10.4. The first-order valence-electron chi connectivity index (χ1n) is 14.0. The average molecular weight is 483 g/mol. The minimum atomic E-state index is -0.490. The lowest BCUT2D eigenvalue weighted by molar-refractivity contribution is -0.188. The maximum Gasteiger partial charge on any atom is 0.311 e. The topological polar surface area (TPSA) is 60.4 Å². The molecule has 0 spiro atoms. The molecule has 194 valence electrons. The van der Waals surface area contributed by atoms with E-state index < -0.39 is 5.41 Å². The van der Waals surface area contributed by atoms with Gasteiger partial charge in [0.2, 0.25) is 0 Å². The zero-order chi connectivity index (χ0) is 25.8. The Labute approximate surface area is 212 Å². The van der Waals surface area contributed by atoms with Crippen molar-refractivity contribution in [1.29, 1.82) is 0 Å². The van der Waals surface area contributed by atoms with Crippen LogP contribution in [0, 0.1) is 50.2 Å². The number of rotatable bonds is 1. The van der Waals surface area contributed by atoms with Crippen molar-refractivity contribution in [2.45, 2.75) is 106 Å². The maximum absolute atomic E-state index is 14.3. The second kappa shape index (κ2) is 7.32.